The number of esters is 1. The molecule has 4 nitrogen and oxygen atoms in total. The molecule has 1 N–H and O–H groups in total. The van der Waals surface area contributed by atoms with Crippen molar-refractivity contribution in [2.75, 3.05) is 0 Å². The molecule has 1 saturated heterocycles. The number of nitrogens with zero attached hydrogens (tertiary/aromatic N) is 1. The van der Waals surface area contributed by atoms with Gasteiger partial charge in [-0.2, -0.15) is 5.06 Å². The first-order chi connectivity index (χ1) is 11.1. The fraction of sp³-hybridized carbons (Fsp3) is 0.316. The molecule has 1 heterocycles. The molecular weight excluding hydrogens is 290 g/mol. The number of rotatable bonds is 3. The molecule has 0 saturated carbocycles. The van der Waals surface area contributed by atoms with Crippen LogP contribution >= 0.6 is 0 Å². The standard InChI is InChI=1S/C19H21NO3/c1-13(2)16-19(21)23-18(15-11-7-4-8-12-15)17(20(16)22)14-9-5-3-6-10-14/h3-13,16-18,22H,1-2H3/t16-,17-,18+/m1/s1. The quantitative estimate of drug-likeness (QED) is 0.877. The number of hydroxylamine groups is 2. The van der Waals surface area contributed by atoms with E-state index in [1.165, 1.54) is 5.06 Å². The lowest BCUT2D eigenvalue weighted by Gasteiger charge is -2.43. The number of benzene rings is 2. The summed E-state index contributed by atoms with van der Waals surface area (Å²) in [6.07, 6.45) is -0.536. The first-order valence-electron chi connectivity index (χ1n) is 7.87. The van der Waals surface area contributed by atoms with Crippen LogP contribution in [0.2, 0.25) is 0 Å². The zero-order chi connectivity index (χ0) is 16.4. The van der Waals surface area contributed by atoms with Gasteiger partial charge in [0.2, 0.25) is 0 Å². The molecule has 23 heavy (non-hydrogen) atoms. The first-order valence-corrected chi connectivity index (χ1v) is 7.87. The van der Waals surface area contributed by atoms with Crippen LogP contribution in [-0.4, -0.2) is 22.3 Å². The van der Waals surface area contributed by atoms with Gasteiger partial charge < -0.3 is 9.94 Å². The summed E-state index contributed by atoms with van der Waals surface area (Å²) in [6, 6.07) is 18.1. The minimum Gasteiger partial charge on any atom is -0.454 e. The number of carbonyl (C=O) groups excluding carboxylic acids is 1. The Balaban J connectivity index is 2.05. The second kappa shape index (κ2) is 6.52. The van der Waals surface area contributed by atoms with Gasteiger partial charge in [0.25, 0.3) is 0 Å². The van der Waals surface area contributed by atoms with Gasteiger partial charge in [-0.1, -0.05) is 74.5 Å². The third-order valence-corrected chi connectivity index (χ3v) is 4.24. The Kier molecular flexibility index (Phi) is 4.46. The van der Waals surface area contributed by atoms with Gasteiger partial charge in [-0.15, -0.1) is 0 Å². The summed E-state index contributed by atoms with van der Waals surface area (Å²) in [5.41, 5.74) is 1.79. The predicted octanol–water partition coefficient (Wildman–Crippen LogP) is 3.74. The van der Waals surface area contributed by atoms with E-state index in [1.807, 2.05) is 74.5 Å². The summed E-state index contributed by atoms with van der Waals surface area (Å²) in [7, 11) is 0. The van der Waals surface area contributed by atoms with Gasteiger partial charge >= 0.3 is 5.97 Å². The molecule has 0 unspecified atom stereocenters. The number of cyclic esters (lactones) is 1. The van der Waals surface area contributed by atoms with Crippen LogP contribution in [0.5, 0.6) is 0 Å². The lowest BCUT2D eigenvalue weighted by Crippen LogP contribution is -2.52. The Hall–Kier alpha value is -2.17. The van der Waals surface area contributed by atoms with Crippen molar-refractivity contribution < 1.29 is 14.7 Å². The van der Waals surface area contributed by atoms with Gasteiger partial charge in [-0.25, -0.2) is 0 Å². The van der Waals surface area contributed by atoms with Crippen molar-refractivity contribution in [3.05, 3.63) is 71.8 Å². The summed E-state index contributed by atoms with van der Waals surface area (Å²) < 4.78 is 5.74. The third-order valence-electron chi connectivity index (χ3n) is 4.24. The highest BCUT2D eigenvalue weighted by atomic mass is 16.6. The van der Waals surface area contributed by atoms with Crippen LogP contribution in [0.4, 0.5) is 0 Å². The van der Waals surface area contributed by atoms with E-state index in [0.29, 0.717) is 0 Å². The molecule has 2 aromatic carbocycles. The topological polar surface area (TPSA) is 49.8 Å². The molecule has 1 aliphatic heterocycles. The molecule has 0 spiro atoms. The summed E-state index contributed by atoms with van der Waals surface area (Å²) in [5, 5.41) is 12.0. The van der Waals surface area contributed by atoms with Crippen molar-refractivity contribution in [1.82, 2.24) is 5.06 Å². The van der Waals surface area contributed by atoms with Gasteiger partial charge in [-0.3, -0.25) is 4.79 Å². The average Bonchev–Trinajstić information content (AvgIpc) is 2.55. The van der Waals surface area contributed by atoms with E-state index in [2.05, 4.69) is 0 Å². The van der Waals surface area contributed by atoms with Crippen molar-refractivity contribution in [1.29, 1.82) is 0 Å². The van der Waals surface area contributed by atoms with Crippen LogP contribution in [0, 0.1) is 5.92 Å². The maximum absolute atomic E-state index is 12.4. The summed E-state index contributed by atoms with van der Waals surface area (Å²) in [5.74, 6) is -0.432. The molecule has 2 aromatic rings. The Morgan fingerprint density at radius 3 is 2.00 bits per heavy atom. The fourth-order valence-corrected chi connectivity index (χ4v) is 3.13. The minimum atomic E-state index is -0.667. The molecule has 1 fully saturated rings. The number of hydrogen-bond donors (Lipinski definition) is 1. The van der Waals surface area contributed by atoms with E-state index in [-0.39, 0.29) is 11.9 Å². The van der Waals surface area contributed by atoms with Crippen LogP contribution in [0.3, 0.4) is 0 Å². The smallest absolute Gasteiger partial charge is 0.326 e. The maximum Gasteiger partial charge on any atom is 0.326 e. The average molecular weight is 311 g/mol. The second-order valence-corrected chi connectivity index (χ2v) is 6.19. The van der Waals surface area contributed by atoms with E-state index >= 15 is 0 Å². The van der Waals surface area contributed by atoms with Crippen LogP contribution in [-0.2, 0) is 9.53 Å². The Morgan fingerprint density at radius 2 is 1.48 bits per heavy atom. The molecule has 3 atom stereocenters. The van der Waals surface area contributed by atoms with E-state index in [4.69, 9.17) is 4.74 Å². The van der Waals surface area contributed by atoms with Crippen molar-refractivity contribution in [3.8, 4) is 0 Å². The van der Waals surface area contributed by atoms with Crippen LogP contribution in [0.15, 0.2) is 60.7 Å². The molecule has 0 radical (unpaired) electrons. The Labute approximate surface area is 136 Å². The van der Waals surface area contributed by atoms with Crippen LogP contribution in [0.25, 0.3) is 0 Å². The Bertz CT molecular complexity index is 657. The zero-order valence-corrected chi connectivity index (χ0v) is 13.3. The molecular formula is C19H21NO3. The first kappa shape index (κ1) is 15.7. The predicted molar refractivity (Wildman–Crippen MR) is 86.7 cm³/mol. The molecule has 120 valence electrons. The van der Waals surface area contributed by atoms with Gasteiger partial charge in [0.1, 0.15) is 18.2 Å². The minimum absolute atomic E-state index is 0.0459. The highest BCUT2D eigenvalue weighted by Crippen LogP contribution is 2.42. The highest BCUT2D eigenvalue weighted by Gasteiger charge is 2.46. The molecule has 0 aromatic heterocycles. The number of carbonyl (C=O) groups is 1. The van der Waals surface area contributed by atoms with Crippen molar-refractivity contribution in [2.24, 2.45) is 5.92 Å². The largest absolute Gasteiger partial charge is 0.454 e. The molecule has 0 bridgehead atoms. The molecule has 0 amide bonds. The zero-order valence-electron chi connectivity index (χ0n) is 13.3. The summed E-state index contributed by atoms with van der Waals surface area (Å²) in [4.78, 5) is 12.4. The van der Waals surface area contributed by atoms with Gasteiger partial charge in [0.05, 0.1) is 0 Å². The van der Waals surface area contributed by atoms with Gasteiger partial charge in [-0.05, 0) is 17.0 Å². The second-order valence-electron chi connectivity index (χ2n) is 6.19. The summed E-state index contributed by atoms with van der Waals surface area (Å²) >= 11 is 0. The lowest BCUT2D eigenvalue weighted by atomic mass is 9.90. The molecule has 3 rings (SSSR count). The highest BCUT2D eigenvalue weighted by molar-refractivity contribution is 5.77. The maximum atomic E-state index is 12.4. The molecule has 1 aliphatic rings. The number of hydrogen-bond acceptors (Lipinski definition) is 4. The van der Waals surface area contributed by atoms with E-state index in [1.54, 1.807) is 0 Å². The Morgan fingerprint density at radius 1 is 0.957 bits per heavy atom. The number of ether oxygens (including phenoxy) is 1. The third kappa shape index (κ3) is 3.00. The SMILES string of the molecule is CC(C)[C@@H]1C(=O)O[C@@H](c2ccccc2)[C@@H](c2ccccc2)N1O. The van der Waals surface area contributed by atoms with E-state index in [9.17, 15) is 10.0 Å². The van der Waals surface area contributed by atoms with Crippen molar-refractivity contribution in [2.45, 2.75) is 32.0 Å². The monoisotopic (exact) mass is 311 g/mol. The lowest BCUT2D eigenvalue weighted by molar-refractivity contribution is -0.244. The normalized spacial score (nSPS) is 25.4. The van der Waals surface area contributed by atoms with Gasteiger partial charge in [0.15, 0.2) is 0 Å². The van der Waals surface area contributed by atoms with Crippen LogP contribution < -0.4 is 0 Å². The molecule has 4 heteroatoms. The van der Waals surface area contributed by atoms with E-state index < -0.39 is 18.2 Å². The van der Waals surface area contributed by atoms with Crippen LogP contribution in [0.1, 0.15) is 37.1 Å². The van der Waals surface area contributed by atoms with Crippen molar-refractivity contribution >= 4 is 5.97 Å². The molecule has 0 aliphatic carbocycles. The van der Waals surface area contributed by atoms with Gasteiger partial charge in [0, 0.05) is 0 Å². The fourth-order valence-electron chi connectivity index (χ4n) is 3.13. The van der Waals surface area contributed by atoms with E-state index in [0.717, 1.165) is 11.1 Å². The number of morpholine rings is 1. The summed E-state index contributed by atoms with van der Waals surface area (Å²) in [6.45, 7) is 3.81. The van der Waals surface area contributed by atoms with Crippen molar-refractivity contribution in [3.63, 3.8) is 0 Å².